The smallest absolute Gasteiger partial charge is 0.261 e. The molecule has 3 rings (SSSR count). The van der Waals surface area contributed by atoms with Gasteiger partial charge in [-0.15, -0.1) is 0 Å². The predicted octanol–water partition coefficient (Wildman–Crippen LogP) is 3.43. The number of likely N-dealkylation sites (tertiary alicyclic amines) is 1. The van der Waals surface area contributed by atoms with Gasteiger partial charge in [0.2, 0.25) is 5.91 Å². The van der Waals surface area contributed by atoms with Crippen molar-refractivity contribution in [1.82, 2.24) is 4.90 Å². The van der Waals surface area contributed by atoms with Gasteiger partial charge in [0, 0.05) is 25.7 Å². The molecule has 0 aromatic heterocycles. The number of nitrogens with one attached hydrogen (secondary N) is 1. The fourth-order valence-corrected chi connectivity index (χ4v) is 4.38. The van der Waals surface area contributed by atoms with Crippen molar-refractivity contribution in [3.05, 3.63) is 59.9 Å². The van der Waals surface area contributed by atoms with E-state index in [1.807, 2.05) is 17.0 Å². The molecule has 0 unspecified atom stereocenters. The molecule has 1 saturated heterocycles. The van der Waals surface area contributed by atoms with Gasteiger partial charge in [-0.1, -0.05) is 12.1 Å². The maximum atomic E-state index is 12.9. The van der Waals surface area contributed by atoms with E-state index in [0.29, 0.717) is 11.6 Å². The molecule has 1 fully saturated rings. The number of nitrogens with zero attached hydrogens (tertiary/aromatic N) is 1. The summed E-state index contributed by atoms with van der Waals surface area (Å²) in [7, 11) is -3.71. The quantitative estimate of drug-likeness (QED) is 0.851. The number of hydrogen-bond donors (Lipinski definition) is 1. The lowest BCUT2D eigenvalue weighted by Crippen LogP contribution is -2.37. The van der Waals surface area contributed by atoms with Crippen molar-refractivity contribution in [3.63, 3.8) is 0 Å². The molecule has 1 N–H and O–H groups in total. The van der Waals surface area contributed by atoms with E-state index in [2.05, 4.69) is 4.72 Å². The Hall–Kier alpha value is -2.41. The number of carbonyl (C=O) groups excluding carboxylic acids is 1. The van der Waals surface area contributed by atoms with E-state index in [4.69, 9.17) is 0 Å². The van der Waals surface area contributed by atoms with E-state index < -0.39 is 15.8 Å². The van der Waals surface area contributed by atoms with Crippen molar-refractivity contribution >= 4 is 21.6 Å². The molecule has 27 heavy (non-hydrogen) atoms. The van der Waals surface area contributed by atoms with E-state index >= 15 is 0 Å². The monoisotopic (exact) mass is 390 g/mol. The van der Waals surface area contributed by atoms with Crippen LogP contribution in [0.15, 0.2) is 53.4 Å². The minimum absolute atomic E-state index is 0.122. The zero-order valence-corrected chi connectivity index (χ0v) is 16.0. The molecule has 1 aliphatic heterocycles. The first-order valence-corrected chi connectivity index (χ1v) is 10.4. The van der Waals surface area contributed by atoms with Gasteiger partial charge in [-0.05, 0) is 67.1 Å². The summed E-state index contributed by atoms with van der Waals surface area (Å²) < 4.78 is 40.3. The summed E-state index contributed by atoms with van der Waals surface area (Å²) in [6.45, 7) is 3.17. The molecule has 0 radical (unpaired) electrons. The first-order valence-electron chi connectivity index (χ1n) is 8.96. The summed E-state index contributed by atoms with van der Waals surface area (Å²) in [5.74, 6) is 0.202. The summed E-state index contributed by atoms with van der Waals surface area (Å²) in [4.78, 5) is 13.4. The molecule has 0 saturated carbocycles. The fraction of sp³-hybridized carbons (Fsp3) is 0.350. The molecule has 1 heterocycles. The SMILES string of the molecule is CC(=O)N1CCC(Cc2ccc(S(=O)(=O)Nc3ccc(F)cc3)cc2)CC1. The molecule has 144 valence electrons. The lowest BCUT2D eigenvalue weighted by atomic mass is 9.90. The first-order chi connectivity index (χ1) is 12.8. The molecular weight excluding hydrogens is 367 g/mol. The molecule has 1 amide bonds. The second-order valence-corrected chi connectivity index (χ2v) is 8.59. The van der Waals surface area contributed by atoms with Crippen molar-refractivity contribution < 1.29 is 17.6 Å². The van der Waals surface area contributed by atoms with E-state index in [9.17, 15) is 17.6 Å². The first kappa shape index (κ1) is 19.4. The van der Waals surface area contributed by atoms with Crippen molar-refractivity contribution in [2.45, 2.75) is 31.1 Å². The summed E-state index contributed by atoms with van der Waals surface area (Å²) in [5.41, 5.74) is 1.40. The van der Waals surface area contributed by atoms with E-state index in [1.54, 1.807) is 19.1 Å². The van der Waals surface area contributed by atoms with Crippen molar-refractivity contribution in [2.24, 2.45) is 5.92 Å². The normalized spacial score (nSPS) is 15.6. The maximum Gasteiger partial charge on any atom is 0.261 e. The molecule has 0 aliphatic carbocycles. The topological polar surface area (TPSA) is 66.5 Å². The summed E-state index contributed by atoms with van der Waals surface area (Å²) in [6.07, 6.45) is 2.80. The van der Waals surface area contributed by atoms with Gasteiger partial charge >= 0.3 is 0 Å². The minimum atomic E-state index is -3.71. The zero-order valence-electron chi connectivity index (χ0n) is 15.2. The number of anilines is 1. The Kier molecular flexibility index (Phi) is 5.79. The molecule has 0 bridgehead atoms. The lowest BCUT2D eigenvalue weighted by Gasteiger charge is -2.31. The number of benzene rings is 2. The van der Waals surface area contributed by atoms with Gasteiger partial charge in [0.05, 0.1) is 4.90 Å². The predicted molar refractivity (Wildman–Crippen MR) is 102 cm³/mol. The largest absolute Gasteiger partial charge is 0.343 e. The molecule has 0 spiro atoms. The Labute approximate surface area is 159 Å². The van der Waals surface area contributed by atoms with Gasteiger partial charge in [0.15, 0.2) is 0 Å². The van der Waals surface area contributed by atoms with Gasteiger partial charge in [-0.3, -0.25) is 9.52 Å². The van der Waals surface area contributed by atoms with Gasteiger partial charge in [0.1, 0.15) is 5.82 Å². The van der Waals surface area contributed by atoms with E-state index in [0.717, 1.165) is 37.9 Å². The van der Waals surface area contributed by atoms with Crippen LogP contribution in [-0.2, 0) is 21.2 Å². The Morgan fingerprint density at radius 2 is 1.67 bits per heavy atom. The van der Waals surface area contributed by atoms with Crippen molar-refractivity contribution in [2.75, 3.05) is 17.8 Å². The number of rotatable bonds is 5. The Bertz CT molecular complexity index is 888. The molecule has 2 aromatic rings. The van der Waals surface area contributed by atoms with Gasteiger partial charge in [-0.25, -0.2) is 12.8 Å². The third kappa shape index (κ3) is 5.07. The zero-order chi connectivity index (χ0) is 19.4. The maximum absolute atomic E-state index is 12.9. The highest BCUT2D eigenvalue weighted by Gasteiger charge is 2.21. The number of carbonyl (C=O) groups is 1. The number of amides is 1. The van der Waals surface area contributed by atoms with Crippen LogP contribution in [-0.4, -0.2) is 32.3 Å². The van der Waals surface area contributed by atoms with E-state index in [1.165, 1.54) is 24.3 Å². The average molecular weight is 390 g/mol. The molecule has 2 aromatic carbocycles. The van der Waals surface area contributed by atoms with Crippen LogP contribution in [0.25, 0.3) is 0 Å². The van der Waals surface area contributed by atoms with Gasteiger partial charge in [-0.2, -0.15) is 0 Å². The minimum Gasteiger partial charge on any atom is -0.343 e. The number of halogens is 1. The highest BCUT2D eigenvalue weighted by molar-refractivity contribution is 7.92. The van der Waals surface area contributed by atoms with Crippen LogP contribution < -0.4 is 4.72 Å². The third-order valence-electron chi connectivity index (χ3n) is 4.91. The second kappa shape index (κ2) is 8.08. The molecule has 7 heteroatoms. The lowest BCUT2D eigenvalue weighted by molar-refractivity contribution is -0.130. The van der Waals surface area contributed by atoms with Crippen LogP contribution in [0.1, 0.15) is 25.3 Å². The van der Waals surface area contributed by atoms with Crippen LogP contribution in [0.5, 0.6) is 0 Å². The van der Waals surface area contributed by atoms with Gasteiger partial charge < -0.3 is 4.90 Å². The molecule has 1 aliphatic rings. The fourth-order valence-electron chi connectivity index (χ4n) is 3.32. The third-order valence-corrected chi connectivity index (χ3v) is 6.31. The van der Waals surface area contributed by atoms with Crippen LogP contribution >= 0.6 is 0 Å². The summed E-state index contributed by atoms with van der Waals surface area (Å²) in [5, 5.41) is 0. The highest BCUT2D eigenvalue weighted by Crippen LogP contribution is 2.23. The van der Waals surface area contributed by atoms with E-state index in [-0.39, 0.29) is 10.8 Å². The van der Waals surface area contributed by atoms with Crippen LogP contribution in [0.4, 0.5) is 10.1 Å². The number of hydrogen-bond acceptors (Lipinski definition) is 3. The van der Waals surface area contributed by atoms with Gasteiger partial charge in [0.25, 0.3) is 10.0 Å². The molecular formula is C20H23FN2O3S. The Balaban J connectivity index is 1.61. The average Bonchev–Trinajstić information content (AvgIpc) is 2.64. The van der Waals surface area contributed by atoms with Crippen LogP contribution in [0, 0.1) is 11.7 Å². The second-order valence-electron chi connectivity index (χ2n) is 6.91. The Morgan fingerprint density at radius 1 is 1.07 bits per heavy atom. The number of sulfonamides is 1. The summed E-state index contributed by atoms with van der Waals surface area (Å²) in [6, 6.07) is 12.0. The van der Waals surface area contributed by atoms with Crippen LogP contribution in [0.3, 0.4) is 0 Å². The standard InChI is InChI=1S/C20H23FN2O3S/c1-15(24)23-12-10-17(11-13-23)14-16-2-8-20(9-3-16)27(25,26)22-19-6-4-18(21)5-7-19/h2-9,17,22H,10-14H2,1H3. The molecule has 5 nitrogen and oxygen atoms in total. The van der Waals surface area contributed by atoms with Crippen molar-refractivity contribution in [1.29, 1.82) is 0 Å². The van der Waals surface area contributed by atoms with Crippen molar-refractivity contribution in [3.8, 4) is 0 Å². The Morgan fingerprint density at radius 3 is 2.22 bits per heavy atom. The highest BCUT2D eigenvalue weighted by atomic mass is 32.2. The molecule has 0 atom stereocenters. The summed E-state index contributed by atoms with van der Waals surface area (Å²) >= 11 is 0. The van der Waals surface area contributed by atoms with Crippen LogP contribution in [0.2, 0.25) is 0 Å². The number of piperidine rings is 1.